The normalized spacial score (nSPS) is 11.5. The molecule has 1 amide bonds. The van der Waals surface area contributed by atoms with Gasteiger partial charge in [-0.05, 0) is 42.5 Å². The number of rotatable bonds is 6. The number of benzene rings is 2. The largest absolute Gasteiger partial charge is 0.496 e. The average molecular weight is 462 g/mol. The van der Waals surface area contributed by atoms with Gasteiger partial charge in [0.1, 0.15) is 16.2 Å². The molecule has 0 spiro atoms. The Morgan fingerprint density at radius 3 is 2.58 bits per heavy atom. The van der Waals surface area contributed by atoms with Gasteiger partial charge < -0.3 is 19.2 Å². The molecule has 0 saturated carbocycles. The lowest BCUT2D eigenvalue weighted by atomic mass is 9.96. The maximum atomic E-state index is 12.7. The van der Waals surface area contributed by atoms with Crippen LogP contribution in [0.3, 0.4) is 0 Å². The van der Waals surface area contributed by atoms with E-state index < -0.39 is 5.97 Å². The molecule has 2 heterocycles. The maximum Gasteiger partial charge on any atom is 0.350 e. The molecule has 0 bridgehead atoms. The molecule has 4 rings (SSSR count). The highest BCUT2D eigenvalue weighted by molar-refractivity contribution is 7.12. The molecule has 33 heavy (non-hydrogen) atoms. The van der Waals surface area contributed by atoms with Gasteiger partial charge in [-0.15, -0.1) is 11.3 Å². The van der Waals surface area contributed by atoms with Gasteiger partial charge in [0.15, 0.2) is 0 Å². The number of methoxy groups -OCH3 is 2. The lowest BCUT2D eigenvalue weighted by molar-refractivity contribution is -0.111. The van der Waals surface area contributed by atoms with Crippen LogP contribution in [-0.4, -0.2) is 26.1 Å². The van der Waals surface area contributed by atoms with Crippen LogP contribution in [0.5, 0.6) is 5.75 Å². The molecule has 168 valence electrons. The van der Waals surface area contributed by atoms with E-state index in [-0.39, 0.29) is 5.91 Å². The second kappa shape index (κ2) is 9.34. The lowest BCUT2D eigenvalue weighted by Gasteiger charge is -2.13. The number of esters is 1. The van der Waals surface area contributed by atoms with Crippen LogP contribution in [0.25, 0.3) is 27.7 Å². The number of aryl methyl sites for hydroxylation is 1. The van der Waals surface area contributed by atoms with Gasteiger partial charge in [0, 0.05) is 28.2 Å². The van der Waals surface area contributed by atoms with Crippen LogP contribution in [0, 0.1) is 6.92 Å². The summed E-state index contributed by atoms with van der Waals surface area (Å²) in [7, 11) is 2.90. The Morgan fingerprint density at radius 1 is 1.12 bits per heavy atom. The predicted octanol–water partition coefficient (Wildman–Crippen LogP) is 6.31. The van der Waals surface area contributed by atoms with Crippen LogP contribution in [0.15, 0.2) is 64.6 Å². The van der Waals surface area contributed by atoms with Crippen LogP contribution in [0.4, 0.5) is 5.69 Å². The zero-order valence-corrected chi connectivity index (χ0v) is 19.5. The number of amides is 1. The number of carbonyl (C=O) groups is 2. The van der Waals surface area contributed by atoms with E-state index in [0.717, 1.165) is 33.2 Å². The summed E-state index contributed by atoms with van der Waals surface area (Å²) in [6.45, 7) is 3.78. The van der Waals surface area contributed by atoms with E-state index in [4.69, 9.17) is 13.9 Å². The molecule has 2 aromatic heterocycles. The van der Waals surface area contributed by atoms with Crippen LogP contribution >= 0.6 is 11.3 Å². The molecule has 0 fully saturated rings. The van der Waals surface area contributed by atoms with Crippen molar-refractivity contribution in [1.82, 2.24) is 0 Å². The number of thiophene rings is 1. The maximum absolute atomic E-state index is 12.7. The van der Waals surface area contributed by atoms with Crippen molar-refractivity contribution < 1.29 is 23.5 Å². The highest BCUT2D eigenvalue weighted by Crippen LogP contribution is 2.40. The zero-order chi connectivity index (χ0) is 23.5. The number of anilines is 1. The van der Waals surface area contributed by atoms with Crippen LogP contribution in [0.1, 0.15) is 27.7 Å². The molecule has 0 saturated heterocycles. The molecule has 0 aliphatic rings. The van der Waals surface area contributed by atoms with E-state index in [1.165, 1.54) is 24.5 Å². The van der Waals surface area contributed by atoms with Gasteiger partial charge in [-0.2, -0.15) is 0 Å². The summed E-state index contributed by atoms with van der Waals surface area (Å²) < 4.78 is 16.3. The summed E-state index contributed by atoms with van der Waals surface area (Å²) >= 11 is 1.21. The topological polar surface area (TPSA) is 77.8 Å². The van der Waals surface area contributed by atoms with Crippen molar-refractivity contribution in [2.24, 2.45) is 0 Å². The Balaban J connectivity index is 1.73. The van der Waals surface area contributed by atoms with Gasteiger partial charge in [0.2, 0.25) is 5.91 Å². The Kier molecular flexibility index (Phi) is 6.33. The minimum absolute atomic E-state index is 0.345. The molecule has 2 aromatic carbocycles. The number of carbonyl (C=O) groups excluding carboxylic acids is 2. The third kappa shape index (κ3) is 4.27. The molecule has 1 N–H and O–H groups in total. The third-order valence-corrected chi connectivity index (χ3v) is 6.29. The van der Waals surface area contributed by atoms with Crippen molar-refractivity contribution in [1.29, 1.82) is 0 Å². The zero-order valence-electron chi connectivity index (χ0n) is 18.7. The smallest absolute Gasteiger partial charge is 0.350 e. The van der Waals surface area contributed by atoms with Crippen molar-refractivity contribution in [3.05, 3.63) is 76.2 Å². The van der Waals surface area contributed by atoms with Gasteiger partial charge in [0.25, 0.3) is 0 Å². The van der Waals surface area contributed by atoms with Crippen molar-refractivity contribution in [2.75, 3.05) is 19.5 Å². The van der Waals surface area contributed by atoms with E-state index >= 15 is 0 Å². The minimum Gasteiger partial charge on any atom is -0.496 e. The molecular formula is C26H23NO5S. The molecular weight excluding hydrogens is 438 g/mol. The second-order valence-corrected chi connectivity index (χ2v) is 8.36. The summed E-state index contributed by atoms with van der Waals surface area (Å²) in [6.07, 6.45) is 3.23. The number of hydrogen-bond donors (Lipinski definition) is 1. The highest BCUT2D eigenvalue weighted by Gasteiger charge is 2.19. The quantitative estimate of drug-likeness (QED) is 0.269. The first kappa shape index (κ1) is 22.4. The SMILES string of the molecule is COC(=O)c1sccc1NC(=O)/C=C(\C)c1cc2c(-c3ccccc3)coc2c(C)c1OC. The molecule has 6 nitrogen and oxygen atoms in total. The average Bonchev–Trinajstić information content (AvgIpc) is 3.46. The first-order chi connectivity index (χ1) is 15.9. The number of allylic oxidation sites excluding steroid dienone is 1. The van der Waals surface area contributed by atoms with Crippen molar-refractivity contribution in [3.63, 3.8) is 0 Å². The number of nitrogens with one attached hydrogen (secondary N) is 1. The minimum atomic E-state index is -0.489. The second-order valence-electron chi connectivity index (χ2n) is 7.45. The molecule has 0 aliphatic heterocycles. The number of ether oxygens (including phenoxy) is 2. The summed E-state index contributed by atoms with van der Waals surface area (Å²) in [5.74, 6) is -0.202. The van der Waals surface area contributed by atoms with E-state index in [1.54, 1.807) is 24.8 Å². The number of furan rings is 1. The molecule has 0 radical (unpaired) electrons. The first-order valence-corrected chi connectivity index (χ1v) is 11.1. The van der Waals surface area contributed by atoms with E-state index in [9.17, 15) is 9.59 Å². The summed E-state index contributed by atoms with van der Waals surface area (Å²) in [5.41, 5.74) is 5.52. The van der Waals surface area contributed by atoms with Crippen molar-refractivity contribution >= 4 is 45.4 Å². The Bertz CT molecular complexity index is 1360. The van der Waals surface area contributed by atoms with Gasteiger partial charge in [-0.3, -0.25) is 4.79 Å². The molecule has 4 aromatic rings. The Labute approximate surface area is 195 Å². The fraction of sp³-hybridized carbons (Fsp3) is 0.154. The van der Waals surface area contributed by atoms with Gasteiger partial charge in [0.05, 0.1) is 26.2 Å². The summed E-state index contributed by atoms with van der Waals surface area (Å²) in [4.78, 5) is 25.0. The predicted molar refractivity (Wildman–Crippen MR) is 131 cm³/mol. The molecule has 0 atom stereocenters. The fourth-order valence-corrected chi connectivity index (χ4v) is 4.58. The van der Waals surface area contributed by atoms with Crippen molar-refractivity contribution in [2.45, 2.75) is 13.8 Å². The summed E-state index contributed by atoms with van der Waals surface area (Å²) in [6, 6.07) is 13.6. The highest BCUT2D eigenvalue weighted by atomic mass is 32.1. The fourth-order valence-electron chi connectivity index (χ4n) is 3.81. The monoisotopic (exact) mass is 461 g/mol. The summed E-state index contributed by atoms with van der Waals surface area (Å²) in [5, 5.41) is 5.43. The number of hydrogen-bond acceptors (Lipinski definition) is 6. The third-order valence-electron chi connectivity index (χ3n) is 5.40. The Morgan fingerprint density at radius 2 is 1.88 bits per heavy atom. The van der Waals surface area contributed by atoms with Crippen LogP contribution < -0.4 is 10.1 Å². The van der Waals surface area contributed by atoms with Gasteiger partial charge in [-0.25, -0.2) is 4.79 Å². The van der Waals surface area contributed by atoms with Gasteiger partial charge >= 0.3 is 5.97 Å². The lowest BCUT2D eigenvalue weighted by Crippen LogP contribution is -2.11. The van der Waals surface area contributed by atoms with E-state index in [2.05, 4.69) is 5.32 Å². The molecule has 0 unspecified atom stereocenters. The molecule has 0 aliphatic carbocycles. The van der Waals surface area contributed by atoms with E-state index in [1.807, 2.05) is 50.2 Å². The first-order valence-electron chi connectivity index (χ1n) is 10.2. The standard InChI is InChI=1S/C26H23NO5S/c1-15(12-22(28)27-21-10-11-33-25(21)26(29)31-4)18-13-19-20(17-8-6-5-7-9-17)14-32-24(19)16(2)23(18)30-3/h5-14H,1-4H3,(H,27,28)/b15-12+. The van der Waals surface area contributed by atoms with Crippen LogP contribution in [-0.2, 0) is 9.53 Å². The molecule has 7 heteroatoms. The van der Waals surface area contributed by atoms with E-state index in [0.29, 0.717) is 21.9 Å². The van der Waals surface area contributed by atoms with Crippen molar-refractivity contribution in [3.8, 4) is 16.9 Å². The number of fused-ring (bicyclic) bond motifs is 1. The Hall–Kier alpha value is -3.84. The van der Waals surface area contributed by atoms with Crippen LogP contribution in [0.2, 0.25) is 0 Å². The van der Waals surface area contributed by atoms with Gasteiger partial charge in [-0.1, -0.05) is 30.3 Å².